The summed E-state index contributed by atoms with van der Waals surface area (Å²) in [5.41, 5.74) is 1.64. The standard InChI is InChI=1S/C14H22O2/c1-14-8-7-13(16)10-12(14)5-2-4-11(14)6-3-9-15/h10-11,15H,2-9H2,1H3. The zero-order valence-corrected chi connectivity index (χ0v) is 10.2. The number of hydrogen-bond acceptors (Lipinski definition) is 2. The molecular weight excluding hydrogens is 200 g/mol. The van der Waals surface area contributed by atoms with Crippen LogP contribution in [0, 0.1) is 11.3 Å². The molecule has 0 saturated heterocycles. The van der Waals surface area contributed by atoms with Gasteiger partial charge in [-0.05, 0) is 55.9 Å². The van der Waals surface area contributed by atoms with E-state index in [4.69, 9.17) is 5.11 Å². The molecule has 2 unspecified atom stereocenters. The number of aliphatic hydroxyl groups excluding tert-OH is 1. The minimum atomic E-state index is 0.251. The lowest BCUT2D eigenvalue weighted by molar-refractivity contribution is -0.116. The molecule has 2 rings (SSSR count). The lowest BCUT2D eigenvalue weighted by atomic mass is 9.59. The third-order valence-corrected chi connectivity index (χ3v) is 4.57. The third kappa shape index (κ3) is 2.08. The number of carbonyl (C=O) groups excluding carboxylic acids is 1. The Morgan fingerprint density at radius 1 is 1.50 bits per heavy atom. The van der Waals surface area contributed by atoms with E-state index in [0.717, 1.165) is 32.1 Å². The number of aliphatic hydroxyl groups is 1. The van der Waals surface area contributed by atoms with E-state index in [1.54, 1.807) is 0 Å². The number of carbonyl (C=O) groups is 1. The van der Waals surface area contributed by atoms with Crippen LogP contribution in [0.1, 0.15) is 51.9 Å². The van der Waals surface area contributed by atoms with Gasteiger partial charge in [0.2, 0.25) is 0 Å². The van der Waals surface area contributed by atoms with Crippen LogP contribution in [0.25, 0.3) is 0 Å². The Kier molecular flexibility index (Phi) is 3.48. The molecule has 0 amide bonds. The summed E-state index contributed by atoms with van der Waals surface area (Å²) in [6.45, 7) is 2.62. The van der Waals surface area contributed by atoms with Crippen LogP contribution in [0.2, 0.25) is 0 Å². The Morgan fingerprint density at radius 2 is 2.31 bits per heavy atom. The molecule has 2 heteroatoms. The summed E-state index contributed by atoms with van der Waals surface area (Å²) in [4.78, 5) is 11.5. The topological polar surface area (TPSA) is 37.3 Å². The fraction of sp³-hybridized carbons (Fsp3) is 0.786. The van der Waals surface area contributed by atoms with Gasteiger partial charge in [0.1, 0.15) is 0 Å². The molecule has 90 valence electrons. The first-order valence-corrected chi connectivity index (χ1v) is 6.51. The van der Waals surface area contributed by atoms with E-state index in [2.05, 4.69) is 6.92 Å². The van der Waals surface area contributed by atoms with Crippen LogP contribution in [-0.4, -0.2) is 17.5 Å². The van der Waals surface area contributed by atoms with E-state index in [-0.39, 0.29) is 5.41 Å². The summed E-state index contributed by atoms with van der Waals surface area (Å²) in [6, 6.07) is 0. The van der Waals surface area contributed by atoms with Gasteiger partial charge in [-0.2, -0.15) is 0 Å². The average Bonchev–Trinajstić information content (AvgIpc) is 2.27. The quantitative estimate of drug-likeness (QED) is 0.797. The molecule has 1 N–H and O–H groups in total. The summed E-state index contributed by atoms with van der Waals surface area (Å²) in [5.74, 6) is 0.989. The minimum Gasteiger partial charge on any atom is -0.396 e. The van der Waals surface area contributed by atoms with Crippen molar-refractivity contribution in [3.8, 4) is 0 Å². The highest BCUT2D eigenvalue weighted by Gasteiger charge is 2.41. The Labute approximate surface area is 97.7 Å². The SMILES string of the molecule is CC12CCC(=O)C=C1CCCC2CCCO. The normalized spacial score (nSPS) is 34.5. The van der Waals surface area contributed by atoms with Gasteiger partial charge < -0.3 is 5.11 Å². The Bertz CT molecular complexity index is 306. The molecule has 0 aliphatic heterocycles. The minimum absolute atomic E-state index is 0.251. The van der Waals surface area contributed by atoms with Gasteiger partial charge in [0.15, 0.2) is 5.78 Å². The summed E-state index contributed by atoms with van der Waals surface area (Å²) in [6.07, 6.45) is 9.25. The lowest BCUT2D eigenvalue weighted by Gasteiger charge is -2.46. The van der Waals surface area contributed by atoms with Crippen LogP contribution < -0.4 is 0 Å². The number of hydrogen-bond donors (Lipinski definition) is 1. The number of fused-ring (bicyclic) bond motifs is 1. The van der Waals surface area contributed by atoms with Gasteiger partial charge in [-0.3, -0.25) is 4.79 Å². The highest BCUT2D eigenvalue weighted by Crippen LogP contribution is 2.51. The van der Waals surface area contributed by atoms with Crippen LogP contribution >= 0.6 is 0 Å². The highest BCUT2D eigenvalue weighted by atomic mass is 16.2. The van der Waals surface area contributed by atoms with E-state index < -0.39 is 0 Å². The second kappa shape index (κ2) is 4.70. The smallest absolute Gasteiger partial charge is 0.155 e. The molecule has 0 bridgehead atoms. The van der Waals surface area contributed by atoms with Crippen molar-refractivity contribution >= 4 is 5.78 Å². The van der Waals surface area contributed by atoms with E-state index >= 15 is 0 Å². The first kappa shape index (κ1) is 11.8. The van der Waals surface area contributed by atoms with Gasteiger partial charge in [0, 0.05) is 13.0 Å². The molecule has 0 heterocycles. The maximum Gasteiger partial charge on any atom is 0.155 e. The zero-order valence-electron chi connectivity index (χ0n) is 10.2. The summed E-state index contributed by atoms with van der Waals surface area (Å²) in [5, 5.41) is 8.95. The van der Waals surface area contributed by atoms with Gasteiger partial charge in [0.25, 0.3) is 0 Å². The highest BCUT2D eigenvalue weighted by molar-refractivity contribution is 5.91. The van der Waals surface area contributed by atoms with Gasteiger partial charge >= 0.3 is 0 Å². The molecule has 2 aliphatic carbocycles. The van der Waals surface area contributed by atoms with Crippen molar-refractivity contribution in [2.45, 2.75) is 51.9 Å². The monoisotopic (exact) mass is 222 g/mol. The summed E-state index contributed by atoms with van der Waals surface area (Å²) < 4.78 is 0. The second-order valence-corrected chi connectivity index (χ2v) is 5.51. The Hall–Kier alpha value is -0.630. The first-order chi connectivity index (χ1) is 7.66. The van der Waals surface area contributed by atoms with Crippen LogP contribution in [0.4, 0.5) is 0 Å². The largest absolute Gasteiger partial charge is 0.396 e. The first-order valence-electron chi connectivity index (χ1n) is 6.51. The maximum atomic E-state index is 11.5. The molecule has 16 heavy (non-hydrogen) atoms. The van der Waals surface area contributed by atoms with Gasteiger partial charge in [-0.25, -0.2) is 0 Å². The van der Waals surface area contributed by atoms with E-state index in [0.29, 0.717) is 18.3 Å². The van der Waals surface area contributed by atoms with Crippen LogP contribution in [0.5, 0.6) is 0 Å². The van der Waals surface area contributed by atoms with Crippen molar-refractivity contribution in [1.29, 1.82) is 0 Å². The molecule has 2 nitrogen and oxygen atoms in total. The fourth-order valence-electron chi connectivity index (χ4n) is 3.46. The van der Waals surface area contributed by atoms with E-state index in [1.165, 1.54) is 18.4 Å². The van der Waals surface area contributed by atoms with E-state index in [1.807, 2.05) is 6.08 Å². The Balaban J connectivity index is 2.16. The zero-order chi connectivity index (χ0) is 11.6. The van der Waals surface area contributed by atoms with Crippen LogP contribution in [0.15, 0.2) is 11.6 Å². The fourth-order valence-corrected chi connectivity index (χ4v) is 3.46. The van der Waals surface area contributed by atoms with Crippen molar-refractivity contribution in [2.24, 2.45) is 11.3 Å². The molecule has 2 aliphatic rings. The molecule has 0 spiro atoms. The predicted molar refractivity (Wildman–Crippen MR) is 64.1 cm³/mol. The third-order valence-electron chi connectivity index (χ3n) is 4.57. The molecule has 2 atom stereocenters. The van der Waals surface area contributed by atoms with Crippen molar-refractivity contribution < 1.29 is 9.90 Å². The molecule has 0 aromatic carbocycles. The van der Waals surface area contributed by atoms with E-state index in [9.17, 15) is 4.79 Å². The number of ketones is 1. The molecular formula is C14H22O2. The molecule has 0 aromatic rings. The molecule has 0 radical (unpaired) electrons. The summed E-state index contributed by atoms with van der Waals surface area (Å²) in [7, 11) is 0. The molecule has 1 fully saturated rings. The number of allylic oxidation sites excluding steroid dienone is 2. The maximum absolute atomic E-state index is 11.5. The number of rotatable bonds is 3. The van der Waals surface area contributed by atoms with Crippen LogP contribution in [-0.2, 0) is 4.79 Å². The van der Waals surface area contributed by atoms with Crippen molar-refractivity contribution in [3.05, 3.63) is 11.6 Å². The lowest BCUT2D eigenvalue weighted by Crippen LogP contribution is -2.36. The Morgan fingerprint density at radius 3 is 3.06 bits per heavy atom. The van der Waals surface area contributed by atoms with Gasteiger partial charge in [-0.1, -0.05) is 12.5 Å². The molecule has 1 saturated carbocycles. The average molecular weight is 222 g/mol. The van der Waals surface area contributed by atoms with Crippen LogP contribution in [0.3, 0.4) is 0 Å². The van der Waals surface area contributed by atoms with Crippen molar-refractivity contribution in [3.63, 3.8) is 0 Å². The van der Waals surface area contributed by atoms with Gasteiger partial charge in [-0.15, -0.1) is 0 Å². The molecule has 0 aromatic heterocycles. The van der Waals surface area contributed by atoms with Crippen molar-refractivity contribution in [1.82, 2.24) is 0 Å². The second-order valence-electron chi connectivity index (χ2n) is 5.51. The summed E-state index contributed by atoms with van der Waals surface area (Å²) >= 11 is 0. The predicted octanol–water partition coefficient (Wildman–Crippen LogP) is 2.85. The van der Waals surface area contributed by atoms with Crippen molar-refractivity contribution in [2.75, 3.05) is 6.61 Å². The van der Waals surface area contributed by atoms with Gasteiger partial charge in [0.05, 0.1) is 0 Å².